The molecular weight excluding hydrogens is 229 g/mol. The highest BCUT2D eigenvalue weighted by molar-refractivity contribution is 7.80. The third-order valence-electron chi connectivity index (χ3n) is 2.09. The van der Waals surface area contributed by atoms with Crippen LogP contribution < -0.4 is 5.73 Å². The van der Waals surface area contributed by atoms with E-state index in [9.17, 15) is 18.0 Å². The van der Waals surface area contributed by atoms with Crippen LogP contribution in [0.2, 0.25) is 0 Å². The van der Waals surface area contributed by atoms with Gasteiger partial charge in [-0.15, -0.1) is 0 Å². The summed E-state index contributed by atoms with van der Waals surface area (Å²) in [6, 6.07) is -0.284. The molecule has 0 unspecified atom stereocenters. The molecule has 0 saturated heterocycles. The van der Waals surface area contributed by atoms with Crippen molar-refractivity contribution in [3.8, 4) is 0 Å². The summed E-state index contributed by atoms with van der Waals surface area (Å²) < 4.78 is 36.5. The second-order valence-corrected chi connectivity index (χ2v) is 3.97. The number of nitrogens with zero attached hydrogens (tertiary/aromatic N) is 1. The molecule has 1 fully saturated rings. The van der Waals surface area contributed by atoms with Crippen LogP contribution in [0.15, 0.2) is 0 Å². The molecule has 1 amide bonds. The molecule has 1 saturated carbocycles. The van der Waals surface area contributed by atoms with E-state index in [0.717, 1.165) is 4.90 Å². The summed E-state index contributed by atoms with van der Waals surface area (Å²) in [4.78, 5) is 11.9. The van der Waals surface area contributed by atoms with Crippen LogP contribution in [0, 0.1) is 0 Å². The smallest absolute Gasteiger partial charge is 0.393 e. The van der Waals surface area contributed by atoms with Crippen molar-refractivity contribution in [1.82, 2.24) is 4.90 Å². The SMILES string of the molecule is NC(=S)CCN(C(=O)C(F)(F)F)C1CC1. The Labute approximate surface area is 90.4 Å². The maximum Gasteiger partial charge on any atom is 0.471 e. The Balaban J connectivity index is 2.57. The third kappa shape index (κ3) is 3.65. The zero-order chi connectivity index (χ0) is 11.6. The normalized spacial score (nSPS) is 16.2. The van der Waals surface area contributed by atoms with Gasteiger partial charge in [-0.3, -0.25) is 4.79 Å². The first kappa shape index (κ1) is 12.2. The maximum atomic E-state index is 12.2. The van der Waals surface area contributed by atoms with Crippen molar-refractivity contribution in [2.45, 2.75) is 31.5 Å². The molecule has 0 radical (unpaired) electrons. The molecule has 0 heterocycles. The lowest BCUT2D eigenvalue weighted by molar-refractivity contribution is -0.186. The summed E-state index contributed by atoms with van der Waals surface area (Å²) in [6.07, 6.45) is -3.43. The highest BCUT2D eigenvalue weighted by Gasteiger charge is 2.46. The molecule has 0 aliphatic heterocycles. The highest BCUT2D eigenvalue weighted by Crippen LogP contribution is 2.30. The van der Waals surface area contributed by atoms with E-state index in [2.05, 4.69) is 12.2 Å². The summed E-state index contributed by atoms with van der Waals surface area (Å²) in [7, 11) is 0. The number of rotatable bonds is 4. The number of thiocarbonyl (C=S) groups is 1. The van der Waals surface area contributed by atoms with E-state index in [0.29, 0.717) is 12.8 Å². The molecule has 2 N–H and O–H groups in total. The number of nitrogens with two attached hydrogens (primary N) is 1. The molecule has 15 heavy (non-hydrogen) atoms. The molecule has 0 spiro atoms. The number of halogens is 3. The molecule has 0 atom stereocenters. The molecule has 0 bridgehead atoms. The highest BCUT2D eigenvalue weighted by atomic mass is 32.1. The Morgan fingerprint density at radius 2 is 2.00 bits per heavy atom. The number of carbonyl (C=O) groups excluding carboxylic acids is 1. The zero-order valence-electron chi connectivity index (χ0n) is 7.88. The van der Waals surface area contributed by atoms with Gasteiger partial charge in [-0.25, -0.2) is 0 Å². The largest absolute Gasteiger partial charge is 0.471 e. The molecule has 0 aromatic carbocycles. The lowest BCUT2D eigenvalue weighted by Gasteiger charge is -2.23. The van der Waals surface area contributed by atoms with E-state index in [1.165, 1.54) is 0 Å². The van der Waals surface area contributed by atoms with Gasteiger partial charge >= 0.3 is 12.1 Å². The fourth-order valence-electron chi connectivity index (χ4n) is 1.23. The number of alkyl halides is 3. The molecule has 1 aliphatic rings. The van der Waals surface area contributed by atoms with Gasteiger partial charge in [0.2, 0.25) is 0 Å². The van der Waals surface area contributed by atoms with Crippen molar-refractivity contribution < 1.29 is 18.0 Å². The predicted octanol–water partition coefficient (Wildman–Crippen LogP) is 1.22. The van der Waals surface area contributed by atoms with Gasteiger partial charge in [-0.2, -0.15) is 13.2 Å². The molecule has 1 rings (SSSR count). The van der Waals surface area contributed by atoms with Gasteiger partial charge in [0.05, 0.1) is 4.99 Å². The molecule has 0 aromatic rings. The van der Waals surface area contributed by atoms with Gasteiger partial charge in [0.25, 0.3) is 0 Å². The lowest BCUT2D eigenvalue weighted by Crippen LogP contribution is -2.43. The van der Waals surface area contributed by atoms with Crippen LogP contribution in [0.25, 0.3) is 0 Å². The second kappa shape index (κ2) is 4.34. The van der Waals surface area contributed by atoms with E-state index in [-0.39, 0.29) is 24.0 Å². The van der Waals surface area contributed by atoms with Crippen molar-refractivity contribution in [3.63, 3.8) is 0 Å². The van der Waals surface area contributed by atoms with Crippen molar-refractivity contribution >= 4 is 23.1 Å². The van der Waals surface area contributed by atoms with E-state index < -0.39 is 12.1 Å². The van der Waals surface area contributed by atoms with E-state index in [1.54, 1.807) is 0 Å². The fourth-order valence-corrected chi connectivity index (χ4v) is 1.32. The van der Waals surface area contributed by atoms with Crippen LogP contribution in [0.3, 0.4) is 0 Å². The van der Waals surface area contributed by atoms with Crippen molar-refractivity contribution in [3.05, 3.63) is 0 Å². The topological polar surface area (TPSA) is 46.3 Å². The summed E-state index contributed by atoms with van der Waals surface area (Å²) >= 11 is 4.56. The van der Waals surface area contributed by atoms with Crippen LogP contribution in [0.1, 0.15) is 19.3 Å². The molecular formula is C8H11F3N2OS. The predicted molar refractivity (Wildman–Crippen MR) is 52.2 cm³/mol. The van der Waals surface area contributed by atoms with Crippen molar-refractivity contribution in [2.24, 2.45) is 5.73 Å². The maximum absolute atomic E-state index is 12.2. The van der Waals surface area contributed by atoms with Gasteiger partial charge in [0.1, 0.15) is 0 Å². The van der Waals surface area contributed by atoms with Gasteiger partial charge in [-0.05, 0) is 12.8 Å². The van der Waals surface area contributed by atoms with Crippen LogP contribution in [-0.4, -0.2) is 34.6 Å². The van der Waals surface area contributed by atoms with Crippen LogP contribution in [0.5, 0.6) is 0 Å². The number of hydrogen-bond acceptors (Lipinski definition) is 2. The minimum absolute atomic E-state index is 0.0433. The van der Waals surface area contributed by atoms with Crippen LogP contribution in [0.4, 0.5) is 13.2 Å². The van der Waals surface area contributed by atoms with Crippen molar-refractivity contribution in [1.29, 1.82) is 0 Å². The first-order valence-electron chi connectivity index (χ1n) is 4.48. The minimum Gasteiger partial charge on any atom is -0.393 e. The molecule has 86 valence electrons. The summed E-state index contributed by atoms with van der Waals surface area (Å²) in [5.74, 6) is -1.79. The van der Waals surface area contributed by atoms with Crippen molar-refractivity contribution in [2.75, 3.05) is 6.54 Å². The minimum atomic E-state index is -4.81. The third-order valence-corrected chi connectivity index (χ3v) is 2.29. The quantitative estimate of drug-likeness (QED) is 0.751. The average Bonchev–Trinajstić information content (AvgIpc) is 2.85. The first-order valence-corrected chi connectivity index (χ1v) is 4.89. The Morgan fingerprint density at radius 1 is 1.47 bits per heavy atom. The number of carbonyl (C=O) groups is 1. The van der Waals surface area contributed by atoms with Gasteiger partial charge in [0.15, 0.2) is 0 Å². The fraction of sp³-hybridized carbons (Fsp3) is 0.750. The first-order chi connectivity index (χ1) is 6.82. The van der Waals surface area contributed by atoms with E-state index in [1.807, 2.05) is 0 Å². The van der Waals surface area contributed by atoms with E-state index in [4.69, 9.17) is 5.73 Å². The van der Waals surface area contributed by atoms with Crippen LogP contribution >= 0.6 is 12.2 Å². The molecule has 3 nitrogen and oxygen atoms in total. The zero-order valence-corrected chi connectivity index (χ0v) is 8.70. The average molecular weight is 240 g/mol. The van der Waals surface area contributed by atoms with Gasteiger partial charge in [-0.1, -0.05) is 12.2 Å². The van der Waals surface area contributed by atoms with Gasteiger partial charge in [0, 0.05) is 19.0 Å². The molecule has 0 aromatic heterocycles. The van der Waals surface area contributed by atoms with Crippen LogP contribution in [-0.2, 0) is 4.79 Å². The standard InChI is InChI=1S/C8H11F3N2OS/c9-8(10,11)7(14)13(5-1-2-5)4-3-6(12)15/h5H,1-4H2,(H2,12,15). The summed E-state index contributed by atoms with van der Waals surface area (Å²) in [5.41, 5.74) is 5.18. The Bertz CT molecular complexity index is 276. The lowest BCUT2D eigenvalue weighted by atomic mass is 10.3. The molecule has 1 aliphatic carbocycles. The molecule has 7 heteroatoms. The number of hydrogen-bond donors (Lipinski definition) is 1. The summed E-state index contributed by atoms with van der Waals surface area (Å²) in [6.45, 7) is -0.0433. The van der Waals surface area contributed by atoms with Gasteiger partial charge < -0.3 is 10.6 Å². The van der Waals surface area contributed by atoms with E-state index >= 15 is 0 Å². The Hall–Kier alpha value is -0.850. The Morgan fingerprint density at radius 3 is 2.33 bits per heavy atom. The second-order valence-electron chi connectivity index (χ2n) is 3.44. The monoisotopic (exact) mass is 240 g/mol. The Kier molecular flexibility index (Phi) is 3.54. The summed E-state index contributed by atoms with van der Waals surface area (Å²) in [5, 5.41) is 0. The number of amides is 1.